The number of allylic oxidation sites excluding steroid dienone is 1. The molecule has 0 spiro atoms. The maximum atomic E-state index is 13.1. The molecule has 0 aliphatic heterocycles. The lowest BCUT2D eigenvalue weighted by Gasteiger charge is -2.53. The number of fused-ring (bicyclic) bond motifs is 3. The van der Waals surface area contributed by atoms with Crippen LogP contribution in [0.25, 0.3) is 16.9 Å². The first-order chi connectivity index (χ1) is 14.9. The van der Waals surface area contributed by atoms with Crippen LogP contribution in [0.15, 0.2) is 72.5 Å². The summed E-state index contributed by atoms with van der Waals surface area (Å²) in [6.45, 7) is 6.32. The van der Waals surface area contributed by atoms with Gasteiger partial charge in [-0.25, -0.2) is 4.68 Å². The Labute approximate surface area is 183 Å². The smallest absolute Gasteiger partial charge is 0.167 e. The molecule has 0 radical (unpaired) electrons. The van der Waals surface area contributed by atoms with E-state index in [0.29, 0.717) is 12.0 Å². The summed E-state index contributed by atoms with van der Waals surface area (Å²) in [5.41, 5.74) is 5.24. The van der Waals surface area contributed by atoms with Crippen LogP contribution in [0, 0.1) is 11.3 Å². The number of aliphatic hydroxyl groups is 1. The molecule has 1 aromatic heterocycles. The molecule has 4 heteroatoms. The zero-order chi connectivity index (χ0) is 21.8. The fourth-order valence-electron chi connectivity index (χ4n) is 6.15. The van der Waals surface area contributed by atoms with Crippen LogP contribution in [-0.4, -0.2) is 20.7 Å². The average Bonchev–Trinajstić information content (AvgIpc) is 3.19. The van der Waals surface area contributed by atoms with Crippen LogP contribution in [0.4, 0.5) is 0 Å². The molecule has 0 bridgehead atoms. The van der Waals surface area contributed by atoms with Crippen molar-refractivity contribution in [2.45, 2.75) is 45.4 Å². The first-order valence-electron chi connectivity index (χ1n) is 11.0. The van der Waals surface area contributed by atoms with E-state index in [0.717, 1.165) is 36.0 Å². The molecule has 2 aliphatic rings. The number of benzene rings is 2. The van der Waals surface area contributed by atoms with Gasteiger partial charge in [0.05, 0.1) is 23.3 Å². The fourth-order valence-corrected chi connectivity index (χ4v) is 6.15. The third kappa shape index (κ3) is 2.81. The molecule has 158 valence electrons. The van der Waals surface area contributed by atoms with Crippen LogP contribution < -0.4 is 0 Å². The van der Waals surface area contributed by atoms with Crippen molar-refractivity contribution in [2.75, 3.05) is 0 Å². The van der Waals surface area contributed by atoms with Crippen LogP contribution in [0.1, 0.15) is 44.9 Å². The second-order valence-electron chi connectivity index (χ2n) is 9.68. The van der Waals surface area contributed by atoms with Crippen LogP contribution in [0.2, 0.25) is 0 Å². The predicted molar refractivity (Wildman–Crippen MR) is 122 cm³/mol. The molecule has 1 N–H and O–H groups in total. The minimum atomic E-state index is -0.544. The van der Waals surface area contributed by atoms with E-state index in [4.69, 9.17) is 5.10 Å². The molecule has 5 rings (SSSR count). The Bertz CT molecular complexity index is 1170. The van der Waals surface area contributed by atoms with Gasteiger partial charge < -0.3 is 5.11 Å². The Kier molecular flexibility index (Phi) is 4.44. The number of aliphatic hydroxyl groups excluding tert-OH is 1. The molecule has 2 aliphatic carbocycles. The number of hydrogen-bond donors (Lipinski definition) is 1. The predicted octanol–water partition coefficient (Wildman–Crippen LogP) is 5.80. The number of hydrogen-bond acceptors (Lipinski definition) is 3. The zero-order valence-electron chi connectivity index (χ0n) is 18.3. The highest BCUT2D eigenvalue weighted by atomic mass is 16.2. The Hall–Kier alpha value is -3.14. The average molecular weight is 413 g/mol. The first kappa shape index (κ1) is 19.8. The standard InChI is InChI=1S/C27H28N2O2/c1-26(2)22-15-14-21-23(18-10-6-4-7-11-18)28-29(20-12-8-5-9-13-20)24(21)27(22,3)16-19(17-30)25(26)31/h4-13,17,22,30H,14-16H2,1-3H3/b19-17-/t22-,27-/m0/s1. The second-order valence-corrected chi connectivity index (χ2v) is 9.68. The Morgan fingerprint density at radius 1 is 1.03 bits per heavy atom. The van der Waals surface area contributed by atoms with Crippen LogP contribution >= 0.6 is 0 Å². The van der Waals surface area contributed by atoms with Crippen molar-refractivity contribution in [3.05, 3.63) is 83.8 Å². The number of Topliss-reactive ketones (excluding diaryl/α,β-unsaturated/α-hetero) is 1. The van der Waals surface area contributed by atoms with E-state index in [9.17, 15) is 9.90 Å². The van der Waals surface area contributed by atoms with Crippen molar-refractivity contribution in [1.29, 1.82) is 0 Å². The lowest BCUT2D eigenvalue weighted by molar-refractivity contribution is -0.131. The number of para-hydroxylation sites is 1. The minimum Gasteiger partial charge on any atom is -0.515 e. The van der Waals surface area contributed by atoms with Crippen molar-refractivity contribution < 1.29 is 9.90 Å². The van der Waals surface area contributed by atoms with Gasteiger partial charge in [-0.15, -0.1) is 0 Å². The summed E-state index contributed by atoms with van der Waals surface area (Å²) in [6.07, 6.45) is 3.38. The number of carbonyl (C=O) groups is 1. The highest BCUT2D eigenvalue weighted by Crippen LogP contribution is 2.58. The van der Waals surface area contributed by atoms with Gasteiger partial charge in [-0.1, -0.05) is 69.3 Å². The summed E-state index contributed by atoms with van der Waals surface area (Å²) in [5, 5.41) is 15.0. The molecule has 0 saturated heterocycles. The zero-order valence-corrected chi connectivity index (χ0v) is 18.3. The Morgan fingerprint density at radius 2 is 1.68 bits per heavy atom. The molecular weight excluding hydrogens is 384 g/mol. The monoisotopic (exact) mass is 412 g/mol. The number of carbonyl (C=O) groups excluding carboxylic acids is 1. The van der Waals surface area contributed by atoms with Gasteiger partial charge in [0.25, 0.3) is 0 Å². The van der Waals surface area contributed by atoms with Gasteiger partial charge in [0.1, 0.15) is 0 Å². The third-order valence-electron chi connectivity index (χ3n) is 7.49. The molecule has 1 heterocycles. The number of ketones is 1. The second kappa shape index (κ2) is 6.94. The quantitative estimate of drug-likeness (QED) is 0.427. The number of nitrogens with zero attached hydrogens (tertiary/aromatic N) is 2. The van der Waals surface area contributed by atoms with Crippen molar-refractivity contribution >= 4 is 5.78 Å². The van der Waals surface area contributed by atoms with Crippen LogP contribution in [0.5, 0.6) is 0 Å². The van der Waals surface area contributed by atoms with Gasteiger partial charge in [0.2, 0.25) is 0 Å². The van der Waals surface area contributed by atoms with E-state index in [1.165, 1.54) is 11.3 Å². The maximum Gasteiger partial charge on any atom is 0.167 e. The molecule has 0 amide bonds. The number of aromatic nitrogens is 2. The van der Waals surface area contributed by atoms with E-state index in [2.05, 4.69) is 35.9 Å². The lowest BCUT2D eigenvalue weighted by Crippen LogP contribution is -2.53. The highest BCUT2D eigenvalue weighted by Gasteiger charge is 2.57. The Morgan fingerprint density at radius 3 is 2.32 bits per heavy atom. The highest BCUT2D eigenvalue weighted by molar-refractivity contribution is 6.01. The van der Waals surface area contributed by atoms with Gasteiger partial charge in [0.15, 0.2) is 5.78 Å². The van der Waals surface area contributed by atoms with Gasteiger partial charge in [0, 0.05) is 27.5 Å². The number of rotatable bonds is 2. The van der Waals surface area contributed by atoms with Gasteiger partial charge in [-0.3, -0.25) is 4.79 Å². The van der Waals surface area contributed by atoms with E-state index in [1.54, 1.807) is 0 Å². The van der Waals surface area contributed by atoms with Crippen molar-refractivity contribution in [2.24, 2.45) is 11.3 Å². The van der Waals surface area contributed by atoms with E-state index < -0.39 is 5.41 Å². The molecule has 31 heavy (non-hydrogen) atoms. The van der Waals surface area contributed by atoms with Crippen molar-refractivity contribution in [1.82, 2.24) is 9.78 Å². The summed E-state index contributed by atoms with van der Waals surface area (Å²) < 4.78 is 2.09. The summed E-state index contributed by atoms with van der Waals surface area (Å²) in [5.74, 6) is 0.237. The molecule has 4 nitrogen and oxygen atoms in total. The molecule has 3 aromatic rings. The summed E-state index contributed by atoms with van der Waals surface area (Å²) in [4.78, 5) is 13.1. The summed E-state index contributed by atoms with van der Waals surface area (Å²) in [7, 11) is 0. The first-order valence-corrected chi connectivity index (χ1v) is 11.0. The maximum absolute atomic E-state index is 13.1. The molecule has 1 saturated carbocycles. The Balaban J connectivity index is 1.80. The van der Waals surface area contributed by atoms with Crippen molar-refractivity contribution in [3.8, 4) is 16.9 Å². The third-order valence-corrected chi connectivity index (χ3v) is 7.49. The van der Waals surface area contributed by atoms with E-state index in [1.807, 2.05) is 50.2 Å². The van der Waals surface area contributed by atoms with Gasteiger partial charge in [-0.05, 0) is 37.3 Å². The minimum absolute atomic E-state index is 0.0648. The molecular formula is C27H28N2O2. The normalized spacial score (nSPS) is 25.8. The molecule has 2 atom stereocenters. The topological polar surface area (TPSA) is 55.1 Å². The molecule has 1 fully saturated rings. The lowest BCUT2D eigenvalue weighted by atomic mass is 9.50. The van der Waals surface area contributed by atoms with E-state index in [-0.39, 0.29) is 17.1 Å². The fraction of sp³-hybridized carbons (Fsp3) is 0.333. The summed E-state index contributed by atoms with van der Waals surface area (Å²) >= 11 is 0. The summed E-state index contributed by atoms with van der Waals surface area (Å²) in [6, 6.07) is 20.6. The van der Waals surface area contributed by atoms with Crippen LogP contribution in [-0.2, 0) is 16.6 Å². The largest absolute Gasteiger partial charge is 0.515 e. The molecule has 0 unspecified atom stereocenters. The SMILES string of the molecule is CC1(C)C(=O)/C(=C\O)C[C@]2(C)c3c(c(-c4ccccc4)nn3-c3ccccc3)CC[C@@H]12. The van der Waals surface area contributed by atoms with Gasteiger partial charge >= 0.3 is 0 Å². The van der Waals surface area contributed by atoms with E-state index >= 15 is 0 Å². The van der Waals surface area contributed by atoms with Crippen LogP contribution in [0.3, 0.4) is 0 Å². The van der Waals surface area contributed by atoms with Crippen molar-refractivity contribution in [3.63, 3.8) is 0 Å². The van der Waals surface area contributed by atoms with Gasteiger partial charge in [-0.2, -0.15) is 5.10 Å². The molecule has 2 aromatic carbocycles.